The molecule has 2 rings (SSSR count). The van der Waals surface area contributed by atoms with Gasteiger partial charge in [-0.2, -0.15) is 5.10 Å². The lowest BCUT2D eigenvalue weighted by Crippen LogP contribution is -2.19. The number of amides is 1. The predicted octanol–water partition coefficient (Wildman–Crippen LogP) is 0.756. The monoisotopic (exact) mass is 291 g/mol. The lowest BCUT2D eigenvalue weighted by Gasteiger charge is -2.04. The fraction of sp³-hybridized carbons (Fsp3) is 0.538. The van der Waals surface area contributed by atoms with Crippen LogP contribution in [0.15, 0.2) is 6.20 Å². The summed E-state index contributed by atoms with van der Waals surface area (Å²) in [4.78, 5) is 12.0. The zero-order valence-electron chi connectivity index (χ0n) is 12.6. The third-order valence-electron chi connectivity index (χ3n) is 3.02. The Morgan fingerprint density at radius 2 is 2.24 bits per heavy atom. The van der Waals surface area contributed by atoms with E-state index in [0.29, 0.717) is 6.54 Å². The summed E-state index contributed by atoms with van der Waals surface area (Å²) in [6.07, 6.45) is 2.84. The van der Waals surface area contributed by atoms with E-state index in [1.807, 2.05) is 13.8 Å². The predicted molar refractivity (Wildman–Crippen MR) is 78.7 cm³/mol. The highest BCUT2D eigenvalue weighted by Crippen LogP contribution is 2.15. The number of rotatable bonds is 7. The van der Waals surface area contributed by atoms with Crippen LogP contribution >= 0.6 is 0 Å². The second-order valence-electron chi connectivity index (χ2n) is 4.94. The molecule has 21 heavy (non-hydrogen) atoms. The van der Waals surface area contributed by atoms with E-state index in [1.165, 1.54) is 4.68 Å². The van der Waals surface area contributed by atoms with Gasteiger partial charge in [-0.05, 0) is 26.8 Å². The standard InChI is InChI=1S/C13H21N7O/c1-4-5-14-6-11-7-20(19-18-11)8-12(21)15-13-9(2)16-17-10(13)3/h7,14H,4-6,8H2,1-3H3,(H,15,21)(H,16,17). The Kier molecular flexibility index (Phi) is 5.04. The van der Waals surface area contributed by atoms with Gasteiger partial charge in [-0.3, -0.25) is 9.89 Å². The van der Waals surface area contributed by atoms with Crippen LogP contribution in [0, 0.1) is 13.8 Å². The Hall–Kier alpha value is -2.22. The number of nitrogens with one attached hydrogen (secondary N) is 3. The molecule has 0 unspecified atom stereocenters. The maximum absolute atomic E-state index is 12.0. The van der Waals surface area contributed by atoms with Gasteiger partial charge >= 0.3 is 0 Å². The molecule has 8 nitrogen and oxygen atoms in total. The van der Waals surface area contributed by atoms with Crippen LogP contribution in [0.3, 0.4) is 0 Å². The molecule has 1 amide bonds. The molecule has 0 fully saturated rings. The van der Waals surface area contributed by atoms with E-state index in [0.717, 1.165) is 35.7 Å². The van der Waals surface area contributed by atoms with Crippen LogP contribution in [0.5, 0.6) is 0 Å². The largest absolute Gasteiger partial charge is 0.321 e. The number of anilines is 1. The van der Waals surface area contributed by atoms with Crippen molar-refractivity contribution in [3.63, 3.8) is 0 Å². The first-order valence-corrected chi connectivity index (χ1v) is 7.01. The number of carbonyl (C=O) groups is 1. The maximum atomic E-state index is 12.0. The number of aromatic amines is 1. The SMILES string of the molecule is CCCNCc1cn(CC(=O)Nc2c(C)n[nH]c2C)nn1. The zero-order chi connectivity index (χ0) is 15.2. The van der Waals surface area contributed by atoms with Crippen molar-refractivity contribution in [1.82, 2.24) is 30.5 Å². The van der Waals surface area contributed by atoms with Crippen molar-refractivity contribution in [2.75, 3.05) is 11.9 Å². The van der Waals surface area contributed by atoms with Crippen LogP contribution in [0.4, 0.5) is 5.69 Å². The summed E-state index contributed by atoms with van der Waals surface area (Å²) in [5.74, 6) is -0.152. The van der Waals surface area contributed by atoms with Crippen LogP contribution in [-0.2, 0) is 17.9 Å². The van der Waals surface area contributed by atoms with Crippen LogP contribution in [0.2, 0.25) is 0 Å². The molecular formula is C13H21N7O. The van der Waals surface area contributed by atoms with E-state index < -0.39 is 0 Å². The Balaban J connectivity index is 1.88. The third kappa shape index (κ3) is 4.12. The molecule has 0 atom stereocenters. The van der Waals surface area contributed by atoms with Gasteiger partial charge in [-0.1, -0.05) is 12.1 Å². The van der Waals surface area contributed by atoms with Crippen LogP contribution in [0.25, 0.3) is 0 Å². The molecule has 0 saturated heterocycles. The molecule has 0 aromatic carbocycles. The number of hydrogen-bond donors (Lipinski definition) is 3. The molecule has 3 N–H and O–H groups in total. The Morgan fingerprint density at radius 1 is 1.43 bits per heavy atom. The Morgan fingerprint density at radius 3 is 2.90 bits per heavy atom. The maximum Gasteiger partial charge on any atom is 0.246 e. The second kappa shape index (κ2) is 6.98. The van der Waals surface area contributed by atoms with E-state index in [2.05, 4.69) is 38.1 Å². The molecule has 8 heteroatoms. The number of aryl methyl sites for hydroxylation is 2. The van der Waals surface area contributed by atoms with Crippen molar-refractivity contribution < 1.29 is 4.79 Å². The first-order valence-electron chi connectivity index (χ1n) is 7.01. The fourth-order valence-corrected chi connectivity index (χ4v) is 1.95. The van der Waals surface area contributed by atoms with Gasteiger partial charge in [-0.25, -0.2) is 4.68 Å². The lowest BCUT2D eigenvalue weighted by atomic mass is 10.3. The molecule has 2 heterocycles. The van der Waals surface area contributed by atoms with Crippen LogP contribution in [0.1, 0.15) is 30.4 Å². The molecule has 0 saturated carbocycles. The van der Waals surface area contributed by atoms with Crippen molar-refractivity contribution in [2.24, 2.45) is 0 Å². The Labute approximate surface area is 123 Å². The summed E-state index contributed by atoms with van der Waals surface area (Å²) in [7, 11) is 0. The van der Waals surface area contributed by atoms with Gasteiger partial charge in [0.05, 0.1) is 29.0 Å². The second-order valence-corrected chi connectivity index (χ2v) is 4.94. The molecule has 0 aliphatic heterocycles. The normalized spacial score (nSPS) is 10.8. The fourth-order valence-electron chi connectivity index (χ4n) is 1.95. The molecule has 0 spiro atoms. The van der Waals surface area contributed by atoms with E-state index in [1.54, 1.807) is 6.20 Å². The average molecular weight is 291 g/mol. The van der Waals surface area contributed by atoms with E-state index in [4.69, 9.17) is 0 Å². The first-order chi connectivity index (χ1) is 10.1. The van der Waals surface area contributed by atoms with Crippen molar-refractivity contribution in [2.45, 2.75) is 40.3 Å². The Bertz CT molecular complexity index is 582. The highest BCUT2D eigenvalue weighted by Gasteiger charge is 2.11. The average Bonchev–Trinajstić information content (AvgIpc) is 3.01. The van der Waals surface area contributed by atoms with Gasteiger partial charge in [0.1, 0.15) is 6.54 Å². The van der Waals surface area contributed by atoms with Crippen molar-refractivity contribution >= 4 is 11.6 Å². The van der Waals surface area contributed by atoms with E-state index in [-0.39, 0.29) is 12.5 Å². The summed E-state index contributed by atoms with van der Waals surface area (Å²) < 4.78 is 1.53. The summed E-state index contributed by atoms with van der Waals surface area (Å²) in [6.45, 7) is 7.54. The number of H-pyrrole nitrogens is 1. The minimum Gasteiger partial charge on any atom is -0.321 e. The molecule has 2 aromatic heterocycles. The van der Waals surface area contributed by atoms with Crippen molar-refractivity contribution in [3.8, 4) is 0 Å². The van der Waals surface area contributed by atoms with Crippen LogP contribution < -0.4 is 10.6 Å². The number of hydrogen-bond acceptors (Lipinski definition) is 5. The summed E-state index contributed by atoms with van der Waals surface area (Å²) >= 11 is 0. The molecule has 114 valence electrons. The molecule has 0 aliphatic carbocycles. The van der Waals surface area contributed by atoms with Gasteiger partial charge in [-0.15, -0.1) is 5.10 Å². The smallest absolute Gasteiger partial charge is 0.246 e. The lowest BCUT2D eigenvalue weighted by molar-refractivity contribution is -0.116. The quantitative estimate of drug-likeness (QED) is 0.654. The highest BCUT2D eigenvalue weighted by molar-refractivity contribution is 5.91. The minimum atomic E-state index is -0.152. The third-order valence-corrected chi connectivity index (χ3v) is 3.02. The summed E-state index contributed by atoms with van der Waals surface area (Å²) in [6, 6.07) is 0. The summed E-state index contributed by atoms with van der Waals surface area (Å²) in [5, 5.41) is 20.9. The molecular weight excluding hydrogens is 270 g/mol. The van der Waals surface area contributed by atoms with Crippen molar-refractivity contribution in [3.05, 3.63) is 23.3 Å². The number of carbonyl (C=O) groups excluding carboxylic acids is 1. The van der Waals surface area contributed by atoms with E-state index >= 15 is 0 Å². The number of aromatic nitrogens is 5. The van der Waals surface area contributed by atoms with Gasteiger partial charge in [0, 0.05) is 6.54 Å². The van der Waals surface area contributed by atoms with Crippen molar-refractivity contribution in [1.29, 1.82) is 0 Å². The topological polar surface area (TPSA) is 101 Å². The van der Waals surface area contributed by atoms with Crippen LogP contribution in [-0.4, -0.2) is 37.6 Å². The van der Waals surface area contributed by atoms with Gasteiger partial charge in [0.2, 0.25) is 5.91 Å². The molecule has 0 aliphatic rings. The zero-order valence-corrected chi connectivity index (χ0v) is 12.6. The first kappa shape index (κ1) is 15.2. The van der Waals surface area contributed by atoms with Gasteiger partial charge < -0.3 is 10.6 Å². The van der Waals surface area contributed by atoms with E-state index in [9.17, 15) is 4.79 Å². The van der Waals surface area contributed by atoms with Gasteiger partial charge in [0.15, 0.2) is 0 Å². The van der Waals surface area contributed by atoms with Gasteiger partial charge in [0.25, 0.3) is 0 Å². The highest BCUT2D eigenvalue weighted by atomic mass is 16.2. The molecule has 2 aromatic rings. The molecule has 0 radical (unpaired) electrons. The number of nitrogens with zero attached hydrogens (tertiary/aromatic N) is 4. The minimum absolute atomic E-state index is 0.130. The summed E-state index contributed by atoms with van der Waals surface area (Å²) in [5.41, 5.74) is 3.16. The molecule has 0 bridgehead atoms.